The van der Waals surface area contributed by atoms with Crippen molar-refractivity contribution >= 4 is 37.1 Å². The van der Waals surface area contributed by atoms with E-state index in [0.29, 0.717) is 0 Å². The Labute approximate surface area is 167 Å². The Hall–Kier alpha value is 0.280. The van der Waals surface area contributed by atoms with E-state index in [9.17, 15) is 0 Å². The highest BCUT2D eigenvalue weighted by atomic mass is 32.5. The molecule has 0 aromatic heterocycles. The summed E-state index contributed by atoms with van der Waals surface area (Å²) in [6.07, 6.45) is 12.5. The van der Waals surface area contributed by atoms with E-state index in [-0.39, 0.29) is 0 Å². The molecule has 1 rings (SSSR count). The monoisotopic (exact) mass is 446 g/mol. The third kappa shape index (κ3) is 39.4. The molecule has 0 aliphatic rings. The summed E-state index contributed by atoms with van der Waals surface area (Å²) in [7, 11) is 0. The standard InChI is InChI=1S/C16H26.2H3O3PS/c1-2-3-4-5-6-7-8-10-13-16-14-11-9-12-15-16;2*1-4(2,3)5/h9,11-12,14-15H,2-8,10,13H2,1H3;2*(H3,1,2,3,5). The first kappa shape index (κ1) is 28.5. The number of aryl methyl sites for hydroxylation is 1. The third-order valence-electron chi connectivity index (χ3n) is 3.16. The summed E-state index contributed by atoms with van der Waals surface area (Å²) in [6, 6.07) is 10.8. The number of unbranched alkanes of at least 4 members (excludes halogenated alkanes) is 7. The van der Waals surface area contributed by atoms with Crippen LogP contribution < -0.4 is 0 Å². The SMILES string of the molecule is CCCCCCCCCCc1ccccc1.OP(O)(O)=S.OP(O)(O)=S. The zero-order chi connectivity index (χ0) is 20.5. The van der Waals surface area contributed by atoms with Gasteiger partial charge in [0.25, 0.3) is 0 Å². The van der Waals surface area contributed by atoms with Gasteiger partial charge in [0.05, 0.1) is 0 Å². The van der Waals surface area contributed by atoms with Crippen LogP contribution in [0.25, 0.3) is 0 Å². The first-order valence-corrected chi connectivity index (χ1v) is 13.9. The van der Waals surface area contributed by atoms with Crippen molar-refractivity contribution in [3.05, 3.63) is 35.9 Å². The lowest BCUT2D eigenvalue weighted by molar-refractivity contribution is 0.361. The Morgan fingerprint density at radius 2 is 1.00 bits per heavy atom. The fourth-order valence-electron chi connectivity index (χ4n) is 2.11. The molecule has 0 aliphatic heterocycles. The Balaban J connectivity index is 0. The van der Waals surface area contributed by atoms with Gasteiger partial charge in [-0.2, -0.15) is 0 Å². The molecule has 0 spiro atoms. The first-order chi connectivity index (χ1) is 11.9. The van der Waals surface area contributed by atoms with Crippen LogP contribution in [0.3, 0.4) is 0 Å². The summed E-state index contributed by atoms with van der Waals surface area (Å²) >= 11 is 7.21. The Morgan fingerprint density at radius 3 is 1.38 bits per heavy atom. The van der Waals surface area contributed by atoms with E-state index in [0.717, 1.165) is 0 Å². The summed E-state index contributed by atoms with van der Waals surface area (Å²) in [6.45, 7) is -5.33. The molecule has 0 heterocycles. The topological polar surface area (TPSA) is 121 Å². The molecule has 0 atom stereocenters. The van der Waals surface area contributed by atoms with E-state index in [1.165, 1.54) is 63.4 Å². The molecule has 0 saturated carbocycles. The van der Waals surface area contributed by atoms with Crippen molar-refractivity contribution in [3.63, 3.8) is 0 Å². The maximum Gasteiger partial charge on any atom is 0.319 e. The van der Waals surface area contributed by atoms with Gasteiger partial charge in [-0.15, -0.1) is 0 Å². The average Bonchev–Trinajstić information content (AvgIpc) is 2.48. The molecule has 0 unspecified atom stereocenters. The van der Waals surface area contributed by atoms with E-state index in [1.54, 1.807) is 0 Å². The molecule has 0 bridgehead atoms. The van der Waals surface area contributed by atoms with Gasteiger partial charge in [0.2, 0.25) is 0 Å². The van der Waals surface area contributed by atoms with Crippen LogP contribution in [0.2, 0.25) is 0 Å². The largest absolute Gasteiger partial charge is 0.325 e. The summed E-state index contributed by atoms with van der Waals surface area (Å²) in [5.74, 6) is 0. The van der Waals surface area contributed by atoms with Gasteiger partial charge < -0.3 is 29.4 Å². The van der Waals surface area contributed by atoms with Crippen LogP contribution in [0.4, 0.5) is 0 Å². The molecule has 6 nitrogen and oxygen atoms in total. The van der Waals surface area contributed by atoms with Crippen molar-refractivity contribution in [1.82, 2.24) is 0 Å². The molecule has 0 aliphatic carbocycles. The molecule has 0 fully saturated rings. The summed E-state index contributed by atoms with van der Waals surface area (Å²) in [5.41, 5.74) is 1.49. The quantitative estimate of drug-likeness (QED) is 0.251. The molecule has 0 radical (unpaired) electrons. The highest BCUT2D eigenvalue weighted by molar-refractivity contribution is 8.06. The summed E-state index contributed by atoms with van der Waals surface area (Å²) in [4.78, 5) is 45.3. The Bertz CT molecular complexity index is 482. The zero-order valence-electron chi connectivity index (χ0n) is 15.1. The van der Waals surface area contributed by atoms with Crippen LogP contribution in [-0.2, 0) is 30.0 Å². The lowest BCUT2D eigenvalue weighted by Crippen LogP contribution is -1.85. The van der Waals surface area contributed by atoms with Crippen LogP contribution in [0.15, 0.2) is 30.3 Å². The third-order valence-corrected chi connectivity index (χ3v) is 3.16. The van der Waals surface area contributed by atoms with Gasteiger partial charge in [-0.3, -0.25) is 0 Å². The smallest absolute Gasteiger partial charge is 0.319 e. The van der Waals surface area contributed by atoms with Gasteiger partial charge in [-0.1, -0.05) is 82.2 Å². The van der Waals surface area contributed by atoms with E-state index in [1.807, 2.05) is 0 Å². The van der Waals surface area contributed by atoms with Crippen LogP contribution in [0, 0.1) is 0 Å². The second kappa shape index (κ2) is 17.4. The molecule has 1 aromatic rings. The average molecular weight is 447 g/mol. The number of hydrogen-bond donors (Lipinski definition) is 6. The van der Waals surface area contributed by atoms with E-state index in [4.69, 9.17) is 29.4 Å². The van der Waals surface area contributed by atoms with Crippen molar-refractivity contribution in [1.29, 1.82) is 0 Å². The zero-order valence-corrected chi connectivity index (χ0v) is 18.6. The van der Waals surface area contributed by atoms with E-state index in [2.05, 4.69) is 60.9 Å². The molecule has 6 N–H and O–H groups in total. The van der Waals surface area contributed by atoms with Crippen molar-refractivity contribution in [2.24, 2.45) is 0 Å². The lowest BCUT2D eigenvalue weighted by Gasteiger charge is -2.02. The maximum absolute atomic E-state index is 7.56. The fourth-order valence-corrected chi connectivity index (χ4v) is 2.11. The minimum atomic E-state index is -3.81. The molecule has 0 saturated heterocycles. The highest BCUT2D eigenvalue weighted by Gasteiger charge is 1.94. The predicted octanol–water partition coefficient (Wildman–Crippen LogP) is 3.75. The molecule has 1 aromatic carbocycles. The highest BCUT2D eigenvalue weighted by Crippen LogP contribution is 2.27. The molecule has 154 valence electrons. The Morgan fingerprint density at radius 1 is 0.654 bits per heavy atom. The maximum atomic E-state index is 7.56. The molecule has 26 heavy (non-hydrogen) atoms. The van der Waals surface area contributed by atoms with Crippen LogP contribution in [-0.4, -0.2) is 29.4 Å². The lowest BCUT2D eigenvalue weighted by atomic mass is 10.0. The second-order valence-electron chi connectivity index (χ2n) is 5.74. The van der Waals surface area contributed by atoms with Gasteiger partial charge >= 0.3 is 13.4 Å². The molecule has 10 heteroatoms. The van der Waals surface area contributed by atoms with Gasteiger partial charge in [-0.05, 0) is 42.0 Å². The minimum absolute atomic E-state index is 1.26. The van der Waals surface area contributed by atoms with Gasteiger partial charge in [-0.25, -0.2) is 0 Å². The Kier molecular flexibility index (Phi) is 19.0. The van der Waals surface area contributed by atoms with Gasteiger partial charge in [0, 0.05) is 0 Å². The summed E-state index contributed by atoms with van der Waals surface area (Å²) in [5, 5.41) is 0. The number of benzene rings is 1. The molecular weight excluding hydrogens is 414 g/mol. The van der Waals surface area contributed by atoms with Crippen molar-refractivity contribution in [3.8, 4) is 0 Å². The van der Waals surface area contributed by atoms with Gasteiger partial charge in [0.1, 0.15) is 0 Å². The summed E-state index contributed by atoms with van der Waals surface area (Å²) < 4.78 is 0. The van der Waals surface area contributed by atoms with Crippen LogP contribution >= 0.6 is 13.4 Å². The van der Waals surface area contributed by atoms with Crippen molar-refractivity contribution in [2.75, 3.05) is 0 Å². The number of rotatable bonds is 9. The van der Waals surface area contributed by atoms with E-state index >= 15 is 0 Å². The molecule has 0 amide bonds. The van der Waals surface area contributed by atoms with E-state index < -0.39 is 13.4 Å². The number of hydrogen-bond acceptors (Lipinski definition) is 2. The predicted molar refractivity (Wildman–Crippen MR) is 115 cm³/mol. The van der Waals surface area contributed by atoms with Gasteiger partial charge in [0.15, 0.2) is 0 Å². The minimum Gasteiger partial charge on any atom is -0.325 e. The van der Waals surface area contributed by atoms with Crippen LogP contribution in [0.5, 0.6) is 0 Å². The normalized spacial score (nSPS) is 11.0. The second-order valence-corrected chi connectivity index (χ2v) is 10.7. The van der Waals surface area contributed by atoms with Crippen molar-refractivity contribution in [2.45, 2.75) is 64.7 Å². The molecular formula is C16H32O6P2S2. The first-order valence-electron chi connectivity index (χ1n) is 8.54. The van der Waals surface area contributed by atoms with Crippen molar-refractivity contribution < 1.29 is 29.4 Å². The van der Waals surface area contributed by atoms with Crippen LogP contribution in [0.1, 0.15) is 63.9 Å². The fraction of sp³-hybridized carbons (Fsp3) is 0.625.